The van der Waals surface area contributed by atoms with Crippen LogP contribution >= 0.6 is 23.2 Å². The first-order valence-electron chi connectivity index (χ1n) is 9.17. The van der Waals surface area contributed by atoms with Gasteiger partial charge in [-0.3, -0.25) is 9.59 Å². The molecule has 0 aliphatic carbocycles. The Balaban J connectivity index is 1.55. The van der Waals surface area contributed by atoms with Crippen molar-refractivity contribution >= 4 is 40.7 Å². The van der Waals surface area contributed by atoms with Crippen LogP contribution in [0.15, 0.2) is 42.5 Å². The van der Waals surface area contributed by atoms with E-state index in [1.165, 1.54) is 0 Å². The number of carbonyl (C=O) groups excluding carboxylic acids is 2. The molecule has 5 nitrogen and oxygen atoms in total. The summed E-state index contributed by atoms with van der Waals surface area (Å²) < 4.78 is 0. The molecule has 0 atom stereocenters. The third-order valence-corrected chi connectivity index (χ3v) is 5.49. The van der Waals surface area contributed by atoms with Crippen LogP contribution in [0.2, 0.25) is 10.0 Å². The van der Waals surface area contributed by atoms with Crippen molar-refractivity contribution in [3.8, 4) is 0 Å². The van der Waals surface area contributed by atoms with Gasteiger partial charge in [0.15, 0.2) is 0 Å². The monoisotopic (exact) mass is 419 g/mol. The minimum atomic E-state index is -0.128. The number of nitrogens with one attached hydrogen (secondary N) is 1. The maximum atomic E-state index is 12.7. The van der Waals surface area contributed by atoms with Crippen molar-refractivity contribution in [1.82, 2.24) is 10.2 Å². The Bertz CT molecular complexity index is 860. The van der Waals surface area contributed by atoms with Crippen molar-refractivity contribution in [1.29, 1.82) is 0 Å². The van der Waals surface area contributed by atoms with E-state index in [1.54, 1.807) is 23.1 Å². The number of nitrogens with zero attached hydrogens (tertiary/aromatic N) is 2. The van der Waals surface area contributed by atoms with Gasteiger partial charge in [0.05, 0.1) is 10.6 Å². The summed E-state index contributed by atoms with van der Waals surface area (Å²) in [4.78, 5) is 28.9. The fourth-order valence-electron chi connectivity index (χ4n) is 3.24. The van der Waals surface area contributed by atoms with Gasteiger partial charge in [-0.2, -0.15) is 0 Å². The average molecular weight is 420 g/mol. The summed E-state index contributed by atoms with van der Waals surface area (Å²) in [5.41, 5.74) is 2.09. The Kier molecular flexibility index (Phi) is 6.47. The molecule has 1 saturated heterocycles. The molecule has 0 aromatic heterocycles. The number of carbonyl (C=O) groups is 2. The van der Waals surface area contributed by atoms with Gasteiger partial charge >= 0.3 is 0 Å². The minimum Gasteiger partial charge on any atom is -0.378 e. The van der Waals surface area contributed by atoms with Crippen LogP contribution in [0, 0.1) is 0 Å². The van der Waals surface area contributed by atoms with E-state index < -0.39 is 0 Å². The fourth-order valence-corrected chi connectivity index (χ4v) is 3.61. The number of anilines is 1. The first-order chi connectivity index (χ1) is 13.3. The van der Waals surface area contributed by atoms with Gasteiger partial charge in [-0.25, -0.2) is 0 Å². The van der Waals surface area contributed by atoms with Crippen molar-refractivity contribution in [3.63, 3.8) is 0 Å². The quantitative estimate of drug-likeness (QED) is 0.811. The SMILES string of the molecule is CN(C)c1ccc(C(=O)NC2CCN(C(=O)c3cc(Cl)ccc3Cl)CC2)cc1. The molecule has 1 aliphatic heterocycles. The van der Waals surface area contributed by atoms with Gasteiger partial charge in [0.25, 0.3) is 11.8 Å². The highest BCUT2D eigenvalue weighted by Gasteiger charge is 2.26. The predicted octanol–water partition coefficient (Wildman–Crippen LogP) is 4.09. The fraction of sp³-hybridized carbons (Fsp3) is 0.333. The molecule has 148 valence electrons. The van der Waals surface area contributed by atoms with Crippen LogP contribution in [0.1, 0.15) is 33.6 Å². The third kappa shape index (κ3) is 4.78. The smallest absolute Gasteiger partial charge is 0.255 e. The molecule has 1 aliphatic rings. The lowest BCUT2D eigenvalue weighted by Crippen LogP contribution is -2.46. The average Bonchev–Trinajstić information content (AvgIpc) is 2.70. The molecule has 2 aromatic carbocycles. The molecule has 28 heavy (non-hydrogen) atoms. The summed E-state index contributed by atoms with van der Waals surface area (Å²) in [6, 6.07) is 12.4. The molecule has 3 rings (SSSR count). The van der Waals surface area contributed by atoms with Gasteiger partial charge in [-0.15, -0.1) is 0 Å². The number of hydrogen-bond donors (Lipinski definition) is 1. The number of hydrogen-bond acceptors (Lipinski definition) is 3. The van der Waals surface area contributed by atoms with Crippen LogP contribution in [-0.4, -0.2) is 49.9 Å². The molecule has 2 aromatic rings. The van der Waals surface area contributed by atoms with E-state index in [9.17, 15) is 9.59 Å². The molecule has 0 spiro atoms. The zero-order chi connectivity index (χ0) is 20.3. The maximum absolute atomic E-state index is 12.7. The number of benzene rings is 2. The number of halogens is 2. The van der Waals surface area contributed by atoms with Crippen molar-refractivity contribution in [2.45, 2.75) is 18.9 Å². The van der Waals surface area contributed by atoms with E-state index >= 15 is 0 Å². The van der Waals surface area contributed by atoms with Crippen LogP contribution in [-0.2, 0) is 0 Å². The summed E-state index contributed by atoms with van der Waals surface area (Å²) in [5, 5.41) is 3.94. The molecule has 1 N–H and O–H groups in total. The van der Waals surface area contributed by atoms with Gasteiger partial charge in [0, 0.05) is 49.5 Å². The Morgan fingerprint density at radius 3 is 2.29 bits per heavy atom. The van der Waals surface area contributed by atoms with Crippen LogP contribution in [0.5, 0.6) is 0 Å². The highest BCUT2D eigenvalue weighted by molar-refractivity contribution is 6.35. The van der Waals surface area contributed by atoms with Crippen molar-refractivity contribution in [2.24, 2.45) is 0 Å². The Labute approximate surface area is 175 Å². The molecule has 1 heterocycles. The van der Waals surface area contributed by atoms with E-state index in [2.05, 4.69) is 5.32 Å². The topological polar surface area (TPSA) is 52.7 Å². The van der Waals surface area contributed by atoms with Gasteiger partial charge in [-0.1, -0.05) is 23.2 Å². The summed E-state index contributed by atoms with van der Waals surface area (Å²) in [5.74, 6) is -0.218. The van der Waals surface area contributed by atoms with E-state index in [1.807, 2.05) is 43.3 Å². The van der Waals surface area contributed by atoms with Crippen LogP contribution in [0.4, 0.5) is 5.69 Å². The second-order valence-electron chi connectivity index (χ2n) is 7.11. The van der Waals surface area contributed by atoms with Crippen molar-refractivity contribution < 1.29 is 9.59 Å². The van der Waals surface area contributed by atoms with Crippen LogP contribution in [0.3, 0.4) is 0 Å². The second kappa shape index (κ2) is 8.84. The van der Waals surface area contributed by atoms with Gasteiger partial charge in [-0.05, 0) is 55.3 Å². The maximum Gasteiger partial charge on any atom is 0.255 e. The van der Waals surface area contributed by atoms with Gasteiger partial charge in [0.2, 0.25) is 0 Å². The second-order valence-corrected chi connectivity index (χ2v) is 7.95. The van der Waals surface area contributed by atoms with E-state index in [0.29, 0.717) is 47.1 Å². The molecule has 1 fully saturated rings. The zero-order valence-electron chi connectivity index (χ0n) is 15.9. The van der Waals surface area contributed by atoms with Crippen molar-refractivity contribution in [3.05, 3.63) is 63.6 Å². The largest absolute Gasteiger partial charge is 0.378 e. The molecule has 0 radical (unpaired) electrons. The third-order valence-electron chi connectivity index (χ3n) is 4.92. The summed E-state index contributed by atoms with van der Waals surface area (Å²) in [7, 11) is 3.92. The summed E-state index contributed by atoms with van der Waals surface area (Å²) >= 11 is 12.1. The number of piperidine rings is 1. The van der Waals surface area contributed by atoms with Gasteiger partial charge in [0.1, 0.15) is 0 Å². The number of amides is 2. The highest BCUT2D eigenvalue weighted by atomic mass is 35.5. The predicted molar refractivity (Wildman–Crippen MR) is 114 cm³/mol. The lowest BCUT2D eigenvalue weighted by molar-refractivity contribution is 0.0698. The van der Waals surface area contributed by atoms with Crippen LogP contribution in [0.25, 0.3) is 0 Å². The first kappa shape index (κ1) is 20.5. The lowest BCUT2D eigenvalue weighted by Gasteiger charge is -2.32. The van der Waals surface area contributed by atoms with E-state index in [4.69, 9.17) is 23.2 Å². The molecule has 0 saturated carbocycles. The molecule has 0 bridgehead atoms. The molecular weight excluding hydrogens is 397 g/mol. The molecule has 7 heteroatoms. The lowest BCUT2D eigenvalue weighted by atomic mass is 10.0. The minimum absolute atomic E-state index is 0.0416. The number of likely N-dealkylation sites (tertiary alicyclic amines) is 1. The number of rotatable bonds is 4. The Morgan fingerprint density at radius 1 is 1.04 bits per heavy atom. The van der Waals surface area contributed by atoms with E-state index in [0.717, 1.165) is 5.69 Å². The van der Waals surface area contributed by atoms with Crippen molar-refractivity contribution in [2.75, 3.05) is 32.1 Å². The molecule has 2 amide bonds. The molecule has 0 unspecified atom stereocenters. The standard InChI is InChI=1S/C21H23Cl2N3O2/c1-25(2)17-6-3-14(4-7-17)20(27)24-16-9-11-26(12-10-16)21(28)18-13-15(22)5-8-19(18)23/h3-8,13,16H,9-12H2,1-2H3,(H,24,27). The van der Waals surface area contributed by atoms with Crippen LogP contribution < -0.4 is 10.2 Å². The first-order valence-corrected chi connectivity index (χ1v) is 9.93. The van der Waals surface area contributed by atoms with E-state index in [-0.39, 0.29) is 17.9 Å². The van der Waals surface area contributed by atoms with Gasteiger partial charge < -0.3 is 15.1 Å². The Morgan fingerprint density at radius 2 is 1.68 bits per heavy atom. The molecular formula is C21H23Cl2N3O2. The zero-order valence-corrected chi connectivity index (χ0v) is 17.4. The Hall–Kier alpha value is -2.24. The summed E-state index contributed by atoms with van der Waals surface area (Å²) in [6.07, 6.45) is 1.40. The summed E-state index contributed by atoms with van der Waals surface area (Å²) in [6.45, 7) is 1.12. The normalized spacial score (nSPS) is 14.6. The highest BCUT2D eigenvalue weighted by Crippen LogP contribution is 2.24.